The van der Waals surface area contributed by atoms with Crippen molar-refractivity contribution in [1.29, 1.82) is 0 Å². The first-order valence-electron chi connectivity index (χ1n) is 6.28. The van der Waals surface area contributed by atoms with Gasteiger partial charge in [0.25, 0.3) is 0 Å². The maximum Gasteiger partial charge on any atom is 0.0582 e. The molecule has 0 aromatic carbocycles. The zero-order valence-corrected chi connectivity index (χ0v) is 10.5. The van der Waals surface area contributed by atoms with Gasteiger partial charge in [-0.15, -0.1) is 0 Å². The summed E-state index contributed by atoms with van der Waals surface area (Å²) in [6, 6.07) is 0.843. The van der Waals surface area contributed by atoms with Crippen LogP contribution in [0.25, 0.3) is 0 Å². The average molecular weight is 211 g/mol. The van der Waals surface area contributed by atoms with Gasteiger partial charge in [0.15, 0.2) is 0 Å². The molecule has 2 nitrogen and oxygen atoms in total. The predicted molar refractivity (Wildman–Crippen MR) is 62.7 cm³/mol. The highest BCUT2D eigenvalue weighted by atomic mass is 16.3. The molecule has 2 aliphatic rings. The first-order chi connectivity index (χ1) is 6.91. The summed E-state index contributed by atoms with van der Waals surface area (Å²) in [6.45, 7) is 9.60. The van der Waals surface area contributed by atoms with Gasteiger partial charge >= 0.3 is 0 Å². The third kappa shape index (κ3) is 1.45. The van der Waals surface area contributed by atoms with Gasteiger partial charge in [-0.25, -0.2) is 0 Å². The molecular formula is C13H25NO. The lowest BCUT2D eigenvalue weighted by molar-refractivity contribution is 0.109. The van der Waals surface area contributed by atoms with E-state index >= 15 is 0 Å². The van der Waals surface area contributed by atoms with Gasteiger partial charge in [0, 0.05) is 12.1 Å². The lowest BCUT2D eigenvalue weighted by Gasteiger charge is -2.40. The van der Waals surface area contributed by atoms with Crippen LogP contribution in [0.4, 0.5) is 0 Å². The number of hydrogen-bond acceptors (Lipinski definition) is 2. The average Bonchev–Trinajstić information content (AvgIpc) is 2.50. The molecule has 4 atom stereocenters. The van der Waals surface area contributed by atoms with Crippen molar-refractivity contribution < 1.29 is 5.11 Å². The second-order valence-electron chi connectivity index (χ2n) is 6.41. The second-order valence-corrected chi connectivity index (χ2v) is 6.41. The molecule has 0 radical (unpaired) electrons. The Hall–Kier alpha value is -0.0800. The Balaban J connectivity index is 2.12. The highest BCUT2D eigenvalue weighted by molar-refractivity contribution is 5.13. The normalized spacial score (nSPS) is 44.6. The molecule has 2 N–H and O–H groups in total. The van der Waals surface area contributed by atoms with E-state index in [0.717, 1.165) is 5.92 Å². The van der Waals surface area contributed by atoms with E-state index in [9.17, 15) is 0 Å². The van der Waals surface area contributed by atoms with Crippen molar-refractivity contribution in [3.63, 3.8) is 0 Å². The van der Waals surface area contributed by atoms with E-state index in [1.165, 1.54) is 19.3 Å². The predicted octanol–water partition coefficient (Wildman–Crippen LogP) is 2.17. The Morgan fingerprint density at radius 2 is 2.07 bits per heavy atom. The van der Waals surface area contributed by atoms with Gasteiger partial charge in [-0.2, -0.15) is 0 Å². The van der Waals surface area contributed by atoms with Crippen LogP contribution in [0.1, 0.15) is 47.0 Å². The van der Waals surface area contributed by atoms with Crippen molar-refractivity contribution in [3.05, 3.63) is 0 Å². The molecule has 88 valence electrons. The van der Waals surface area contributed by atoms with Crippen molar-refractivity contribution in [2.24, 2.45) is 16.7 Å². The van der Waals surface area contributed by atoms with Crippen LogP contribution in [-0.4, -0.2) is 23.8 Å². The number of hydrogen-bond donors (Lipinski definition) is 2. The molecule has 0 amide bonds. The van der Waals surface area contributed by atoms with Crippen molar-refractivity contribution >= 4 is 0 Å². The van der Waals surface area contributed by atoms with Gasteiger partial charge in [-0.05, 0) is 42.9 Å². The summed E-state index contributed by atoms with van der Waals surface area (Å²) >= 11 is 0. The molecular weight excluding hydrogens is 186 g/mol. The van der Waals surface area contributed by atoms with Gasteiger partial charge < -0.3 is 10.4 Å². The molecule has 2 aliphatic carbocycles. The van der Waals surface area contributed by atoms with E-state index in [4.69, 9.17) is 5.11 Å². The zero-order chi connectivity index (χ0) is 11.3. The van der Waals surface area contributed by atoms with Crippen LogP contribution in [-0.2, 0) is 0 Å². The van der Waals surface area contributed by atoms with E-state index in [2.05, 4.69) is 33.0 Å². The quantitative estimate of drug-likeness (QED) is 0.750. The molecule has 0 spiro atoms. The Morgan fingerprint density at radius 3 is 2.47 bits per heavy atom. The van der Waals surface area contributed by atoms with E-state index in [0.29, 0.717) is 16.9 Å². The summed E-state index contributed by atoms with van der Waals surface area (Å²) in [5.74, 6) is 0.880. The SMILES string of the molecule is CC(CO)NC1CC2CCC1(C)C2(C)C. The molecule has 0 saturated heterocycles. The molecule has 0 aromatic rings. The Morgan fingerprint density at radius 1 is 1.40 bits per heavy atom. The molecule has 2 fully saturated rings. The van der Waals surface area contributed by atoms with E-state index in [1.807, 2.05) is 0 Å². The first-order valence-corrected chi connectivity index (χ1v) is 6.28. The van der Waals surface area contributed by atoms with Crippen LogP contribution < -0.4 is 5.32 Å². The van der Waals surface area contributed by atoms with Crippen molar-refractivity contribution in [2.45, 2.75) is 59.0 Å². The van der Waals surface area contributed by atoms with E-state index < -0.39 is 0 Å². The zero-order valence-electron chi connectivity index (χ0n) is 10.5. The van der Waals surface area contributed by atoms with Gasteiger partial charge in [-0.1, -0.05) is 20.8 Å². The standard InChI is InChI=1S/C13H25NO/c1-9(8-15)14-11-7-10-5-6-13(11,4)12(10,2)3/h9-11,14-15H,5-8H2,1-4H3. The molecule has 0 heterocycles. The number of aliphatic hydroxyl groups excluding tert-OH is 1. The van der Waals surface area contributed by atoms with Crippen LogP contribution in [0.5, 0.6) is 0 Å². The van der Waals surface area contributed by atoms with Gasteiger partial charge in [0.05, 0.1) is 6.61 Å². The molecule has 15 heavy (non-hydrogen) atoms. The monoisotopic (exact) mass is 211 g/mol. The van der Waals surface area contributed by atoms with Crippen molar-refractivity contribution in [1.82, 2.24) is 5.32 Å². The van der Waals surface area contributed by atoms with Gasteiger partial charge in [0.2, 0.25) is 0 Å². The van der Waals surface area contributed by atoms with Crippen molar-refractivity contribution in [2.75, 3.05) is 6.61 Å². The molecule has 4 unspecified atom stereocenters. The Labute approximate surface area is 93.5 Å². The number of nitrogens with one attached hydrogen (secondary N) is 1. The van der Waals surface area contributed by atoms with E-state index in [1.54, 1.807) is 0 Å². The maximum atomic E-state index is 9.12. The molecule has 0 aliphatic heterocycles. The third-order valence-corrected chi connectivity index (χ3v) is 5.55. The largest absolute Gasteiger partial charge is 0.395 e. The van der Waals surface area contributed by atoms with E-state index in [-0.39, 0.29) is 12.6 Å². The molecule has 2 heteroatoms. The summed E-state index contributed by atoms with van der Waals surface area (Å²) in [5.41, 5.74) is 0.904. The second kappa shape index (κ2) is 3.46. The molecule has 0 aromatic heterocycles. The summed E-state index contributed by atoms with van der Waals surface area (Å²) in [5, 5.41) is 12.7. The topological polar surface area (TPSA) is 32.3 Å². The minimum Gasteiger partial charge on any atom is -0.395 e. The van der Waals surface area contributed by atoms with Crippen LogP contribution in [0.2, 0.25) is 0 Å². The minimum absolute atomic E-state index is 0.238. The minimum atomic E-state index is 0.238. The highest BCUT2D eigenvalue weighted by Gasteiger charge is 2.61. The van der Waals surface area contributed by atoms with Crippen LogP contribution in [0.15, 0.2) is 0 Å². The van der Waals surface area contributed by atoms with Gasteiger partial charge in [0.1, 0.15) is 0 Å². The number of aliphatic hydroxyl groups is 1. The summed E-state index contributed by atoms with van der Waals surface area (Å²) < 4.78 is 0. The summed E-state index contributed by atoms with van der Waals surface area (Å²) in [4.78, 5) is 0. The Kier molecular flexibility index (Phi) is 2.63. The fraction of sp³-hybridized carbons (Fsp3) is 1.00. The lowest BCUT2D eigenvalue weighted by Crippen LogP contribution is -2.48. The Bertz CT molecular complexity index is 251. The van der Waals surface area contributed by atoms with Gasteiger partial charge in [-0.3, -0.25) is 0 Å². The molecule has 2 bridgehead atoms. The summed E-state index contributed by atoms with van der Waals surface area (Å²) in [7, 11) is 0. The summed E-state index contributed by atoms with van der Waals surface area (Å²) in [6.07, 6.45) is 4.05. The van der Waals surface area contributed by atoms with Crippen LogP contribution >= 0.6 is 0 Å². The maximum absolute atomic E-state index is 9.12. The highest BCUT2D eigenvalue weighted by Crippen LogP contribution is 2.65. The number of rotatable bonds is 3. The third-order valence-electron chi connectivity index (χ3n) is 5.55. The smallest absolute Gasteiger partial charge is 0.0582 e. The number of fused-ring (bicyclic) bond motifs is 2. The molecule has 2 rings (SSSR count). The fourth-order valence-electron chi connectivity index (χ4n) is 3.85. The van der Waals surface area contributed by atoms with Crippen molar-refractivity contribution in [3.8, 4) is 0 Å². The lowest BCUT2D eigenvalue weighted by atomic mass is 9.69. The van der Waals surface area contributed by atoms with Crippen LogP contribution in [0, 0.1) is 16.7 Å². The molecule has 2 saturated carbocycles. The fourth-order valence-corrected chi connectivity index (χ4v) is 3.85. The van der Waals surface area contributed by atoms with Crippen LogP contribution in [0.3, 0.4) is 0 Å². The first kappa shape index (κ1) is 11.4.